The molecule has 0 radical (unpaired) electrons. The van der Waals surface area contributed by atoms with E-state index in [4.69, 9.17) is 4.74 Å². The van der Waals surface area contributed by atoms with Gasteiger partial charge in [0.15, 0.2) is 11.6 Å². The second kappa shape index (κ2) is 9.80. The van der Waals surface area contributed by atoms with Gasteiger partial charge in [-0.25, -0.2) is 8.78 Å². The molecule has 7 nitrogen and oxygen atoms in total. The van der Waals surface area contributed by atoms with Crippen LogP contribution in [0, 0.1) is 11.6 Å². The largest absolute Gasteiger partial charge is 0.381 e. The van der Waals surface area contributed by atoms with Crippen LogP contribution in [0.2, 0.25) is 0 Å². The van der Waals surface area contributed by atoms with Crippen molar-refractivity contribution in [1.82, 2.24) is 20.2 Å². The summed E-state index contributed by atoms with van der Waals surface area (Å²) in [6.45, 7) is 7.43. The molecule has 3 aromatic rings. The van der Waals surface area contributed by atoms with E-state index in [2.05, 4.69) is 20.2 Å². The second-order valence-corrected chi connectivity index (χ2v) is 10.9. The van der Waals surface area contributed by atoms with E-state index < -0.39 is 28.7 Å². The van der Waals surface area contributed by atoms with Crippen molar-refractivity contribution < 1.29 is 23.4 Å². The lowest BCUT2D eigenvalue weighted by molar-refractivity contribution is -0.138. The molecule has 0 aliphatic carbocycles. The third-order valence-corrected chi connectivity index (χ3v) is 7.73. The minimum Gasteiger partial charge on any atom is -0.381 e. The Morgan fingerprint density at radius 2 is 1.87 bits per heavy atom. The van der Waals surface area contributed by atoms with Crippen LogP contribution in [0.5, 0.6) is 0 Å². The third-order valence-electron chi connectivity index (χ3n) is 7.73. The summed E-state index contributed by atoms with van der Waals surface area (Å²) in [4.78, 5) is 24.0. The van der Waals surface area contributed by atoms with Crippen LogP contribution < -0.4 is 5.32 Å². The highest BCUT2D eigenvalue weighted by molar-refractivity contribution is 5.85. The molecule has 2 aliphatic rings. The molecule has 1 amide bonds. The van der Waals surface area contributed by atoms with Crippen molar-refractivity contribution in [3.8, 4) is 0 Å². The van der Waals surface area contributed by atoms with Crippen LogP contribution in [0.4, 0.5) is 8.78 Å². The first kappa shape index (κ1) is 26.3. The molecule has 2 aliphatic heterocycles. The molecular weight excluding hydrogens is 490 g/mol. The number of hydrogen-bond acceptors (Lipinski definition) is 6. The molecule has 2 N–H and O–H groups in total. The predicted molar refractivity (Wildman–Crippen MR) is 137 cm³/mol. The number of nitrogens with one attached hydrogen (secondary N) is 1. The van der Waals surface area contributed by atoms with E-state index in [0.29, 0.717) is 24.4 Å². The Balaban J connectivity index is 1.32. The average Bonchev–Trinajstić information content (AvgIpc) is 3.25. The zero-order valence-electron chi connectivity index (χ0n) is 21.8. The number of pyridine rings is 2. The molecule has 5 rings (SSSR count). The van der Waals surface area contributed by atoms with Gasteiger partial charge in [0.2, 0.25) is 0 Å². The summed E-state index contributed by atoms with van der Waals surface area (Å²) >= 11 is 0. The monoisotopic (exact) mass is 522 g/mol. The number of likely N-dealkylation sites (tertiary alicyclic amines) is 1. The molecule has 1 aromatic carbocycles. The average molecular weight is 523 g/mol. The normalized spacial score (nSPS) is 18.7. The van der Waals surface area contributed by atoms with Gasteiger partial charge in [0.25, 0.3) is 5.91 Å². The molecule has 9 heteroatoms. The van der Waals surface area contributed by atoms with Crippen molar-refractivity contribution in [2.75, 3.05) is 13.1 Å². The molecule has 0 unspecified atom stereocenters. The number of carbonyl (C=O) groups is 1. The Labute approximate surface area is 220 Å². The number of hydrogen-bond donors (Lipinski definition) is 2. The third kappa shape index (κ3) is 4.93. The van der Waals surface area contributed by atoms with Crippen LogP contribution in [-0.2, 0) is 33.8 Å². The maximum atomic E-state index is 14.1. The Morgan fingerprint density at radius 1 is 1.11 bits per heavy atom. The number of aromatic nitrogens is 2. The number of aliphatic hydroxyl groups is 1. The van der Waals surface area contributed by atoms with E-state index in [1.54, 1.807) is 25.4 Å². The number of rotatable bonds is 6. The summed E-state index contributed by atoms with van der Waals surface area (Å²) in [7, 11) is 0. The Kier molecular flexibility index (Phi) is 6.79. The maximum Gasteiger partial charge on any atom is 0.252 e. The summed E-state index contributed by atoms with van der Waals surface area (Å²) < 4.78 is 34.0. The summed E-state index contributed by atoms with van der Waals surface area (Å²) in [5.74, 6) is -2.68. The van der Waals surface area contributed by atoms with Crippen molar-refractivity contribution in [3.63, 3.8) is 0 Å². The molecule has 2 aromatic heterocycles. The van der Waals surface area contributed by atoms with Crippen molar-refractivity contribution in [1.29, 1.82) is 0 Å². The fourth-order valence-corrected chi connectivity index (χ4v) is 5.28. The van der Waals surface area contributed by atoms with Crippen molar-refractivity contribution in [2.24, 2.45) is 0 Å². The first-order valence-electron chi connectivity index (χ1n) is 12.8. The van der Waals surface area contributed by atoms with Crippen LogP contribution in [0.1, 0.15) is 61.6 Å². The summed E-state index contributed by atoms with van der Waals surface area (Å²) in [6, 6.07) is 9.18. The van der Waals surface area contributed by atoms with E-state index in [1.165, 1.54) is 31.0 Å². The lowest BCUT2D eigenvalue weighted by Crippen LogP contribution is -2.52. The van der Waals surface area contributed by atoms with Gasteiger partial charge in [-0.05, 0) is 74.6 Å². The number of ether oxygens (including phenoxy) is 1. The maximum absolute atomic E-state index is 14.1. The van der Waals surface area contributed by atoms with Gasteiger partial charge in [0.1, 0.15) is 11.1 Å². The van der Waals surface area contributed by atoms with Gasteiger partial charge in [-0.15, -0.1) is 0 Å². The van der Waals surface area contributed by atoms with E-state index in [-0.39, 0.29) is 5.60 Å². The summed E-state index contributed by atoms with van der Waals surface area (Å²) in [5.41, 5.74) is 0.916. The SMILES string of the molecule is CC(C)(O)C(=O)N[C@@](C)(c1ccc(F)c(F)c1)c1ccc(CN2CCC3(CC2)OCc2ccncc23)cn1. The molecule has 0 saturated carbocycles. The van der Waals surface area contributed by atoms with Gasteiger partial charge in [-0.2, -0.15) is 0 Å². The molecule has 0 bridgehead atoms. The number of halogens is 2. The number of benzene rings is 1. The van der Waals surface area contributed by atoms with Crippen LogP contribution in [0.15, 0.2) is 55.0 Å². The Bertz CT molecular complexity index is 1330. The zero-order valence-corrected chi connectivity index (χ0v) is 21.8. The molecule has 200 valence electrons. The van der Waals surface area contributed by atoms with E-state index in [9.17, 15) is 18.7 Å². The number of carbonyl (C=O) groups excluding carboxylic acids is 1. The van der Waals surface area contributed by atoms with Crippen LogP contribution in [0.25, 0.3) is 0 Å². The van der Waals surface area contributed by atoms with Gasteiger partial charge in [0.05, 0.1) is 17.9 Å². The van der Waals surface area contributed by atoms with E-state index in [1.807, 2.05) is 18.3 Å². The Morgan fingerprint density at radius 3 is 2.53 bits per heavy atom. The molecule has 1 spiro atoms. The van der Waals surface area contributed by atoms with Gasteiger partial charge in [-0.1, -0.05) is 12.1 Å². The highest BCUT2D eigenvalue weighted by Crippen LogP contribution is 2.43. The summed E-state index contributed by atoms with van der Waals surface area (Å²) in [6.07, 6.45) is 7.24. The topological polar surface area (TPSA) is 87.6 Å². The molecule has 1 saturated heterocycles. The number of piperidine rings is 1. The van der Waals surface area contributed by atoms with Gasteiger partial charge in [-0.3, -0.25) is 19.7 Å². The highest BCUT2D eigenvalue weighted by atomic mass is 19.2. The van der Waals surface area contributed by atoms with Crippen LogP contribution >= 0.6 is 0 Å². The number of amides is 1. The molecule has 1 fully saturated rings. The number of nitrogens with zero attached hydrogens (tertiary/aromatic N) is 3. The highest BCUT2D eigenvalue weighted by Gasteiger charge is 2.43. The first-order chi connectivity index (χ1) is 18.0. The lowest BCUT2D eigenvalue weighted by Gasteiger charge is -2.39. The fourth-order valence-electron chi connectivity index (χ4n) is 5.28. The molecule has 1 atom stereocenters. The quantitative estimate of drug-likeness (QED) is 0.510. The minimum atomic E-state index is -1.68. The van der Waals surface area contributed by atoms with Crippen LogP contribution in [-0.4, -0.2) is 44.6 Å². The predicted octanol–water partition coefficient (Wildman–Crippen LogP) is 3.93. The van der Waals surface area contributed by atoms with Crippen molar-refractivity contribution >= 4 is 5.91 Å². The standard InChI is InChI=1S/C29H32F2N4O3/c1-27(2,37)26(36)34-28(3,21-5-6-23(30)24(31)14-21)25-7-4-19(15-33-25)17-35-12-9-29(10-13-35)22-16-32-11-8-20(22)18-38-29/h4-8,11,14-16,37H,9-10,12-13,17-18H2,1-3H3,(H,34,36)/t28-/m0/s1. The van der Waals surface area contributed by atoms with E-state index in [0.717, 1.165) is 43.6 Å². The lowest BCUT2D eigenvalue weighted by atomic mass is 9.84. The number of fused-ring (bicyclic) bond motifs is 2. The Hall–Kier alpha value is -3.27. The van der Waals surface area contributed by atoms with Gasteiger partial charge in [0, 0.05) is 43.8 Å². The van der Waals surface area contributed by atoms with Crippen molar-refractivity contribution in [3.05, 3.63) is 94.6 Å². The second-order valence-electron chi connectivity index (χ2n) is 10.9. The van der Waals surface area contributed by atoms with Crippen LogP contribution in [0.3, 0.4) is 0 Å². The molecule has 4 heterocycles. The summed E-state index contributed by atoms with van der Waals surface area (Å²) in [5, 5.41) is 13.0. The zero-order chi connectivity index (χ0) is 27.1. The molecular formula is C29H32F2N4O3. The minimum absolute atomic E-state index is 0.257. The van der Waals surface area contributed by atoms with Gasteiger partial charge < -0.3 is 15.2 Å². The van der Waals surface area contributed by atoms with Crippen molar-refractivity contribution in [2.45, 2.75) is 63.5 Å². The molecule has 38 heavy (non-hydrogen) atoms. The fraction of sp³-hybridized carbons (Fsp3) is 0.414. The van der Waals surface area contributed by atoms with E-state index >= 15 is 0 Å². The smallest absolute Gasteiger partial charge is 0.252 e. The first-order valence-corrected chi connectivity index (χ1v) is 12.8. The van der Waals surface area contributed by atoms with Gasteiger partial charge >= 0.3 is 0 Å².